The summed E-state index contributed by atoms with van der Waals surface area (Å²) < 4.78 is 4.84. The predicted molar refractivity (Wildman–Crippen MR) is 111 cm³/mol. The molecule has 1 aliphatic heterocycles. The molecule has 27 heavy (non-hydrogen) atoms. The first-order valence-corrected chi connectivity index (χ1v) is 9.63. The fraction of sp³-hybridized carbons (Fsp3) is 0.435. The fourth-order valence-electron chi connectivity index (χ4n) is 4.96. The summed E-state index contributed by atoms with van der Waals surface area (Å²) in [5, 5.41) is 0. The second kappa shape index (κ2) is 8.04. The Morgan fingerprint density at radius 1 is 1.15 bits per heavy atom. The van der Waals surface area contributed by atoms with Gasteiger partial charge in [0.05, 0.1) is 12.7 Å². The van der Waals surface area contributed by atoms with Gasteiger partial charge < -0.3 is 9.64 Å². The van der Waals surface area contributed by atoms with Crippen LogP contribution in [-0.4, -0.2) is 37.6 Å². The molecule has 3 nitrogen and oxygen atoms in total. The van der Waals surface area contributed by atoms with Gasteiger partial charge in [-0.3, -0.25) is 0 Å². The van der Waals surface area contributed by atoms with Gasteiger partial charge >= 0.3 is 5.97 Å². The summed E-state index contributed by atoms with van der Waals surface area (Å²) in [7, 11) is 1.43. The van der Waals surface area contributed by atoms with Crippen LogP contribution in [0.15, 0.2) is 42.5 Å². The van der Waals surface area contributed by atoms with Crippen LogP contribution < -0.4 is 0 Å². The third-order valence-corrected chi connectivity index (χ3v) is 6.29. The van der Waals surface area contributed by atoms with E-state index >= 15 is 0 Å². The summed E-state index contributed by atoms with van der Waals surface area (Å²) in [6.45, 7) is 7.91. The number of likely N-dealkylation sites (N-methyl/N-ethyl adjacent to an activating group) is 1. The average molecular weight is 386 g/mol. The number of carbonyl (C=O) groups excluding carboxylic acids is 1. The summed E-state index contributed by atoms with van der Waals surface area (Å²) >= 11 is 0. The second-order valence-corrected chi connectivity index (χ2v) is 7.68. The Morgan fingerprint density at radius 2 is 1.89 bits per heavy atom. The van der Waals surface area contributed by atoms with E-state index in [1.54, 1.807) is 0 Å². The van der Waals surface area contributed by atoms with E-state index in [1.165, 1.54) is 42.3 Å². The molecule has 4 heteroatoms. The number of hydrogen-bond donors (Lipinski definition) is 0. The Labute approximate surface area is 168 Å². The maximum absolute atomic E-state index is 11.8. The predicted octanol–water partition coefficient (Wildman–Crippen LogP) is 4.77. The van der Waals surface area contributed by atoms with Crippen LogP contribution in [-0.2, 0) is 4.74 Å². The number of nitrogens with zero attached hydrogens (tertiary/aromatic N) is 1. The number of halogens is 1. The quantitative estimate of drug-likeness (QED) is 0.712. The lowest BCUT2D eigenvalue weighted by Gasteiger charge is -2.37. The molecule has 1 saturated heterocycles. The van der Waals surface area contributed by atoms with Crippen LogP contribution in [0.2, 0.25) is 0 Å². The fourth-order valence-corrected chi connectivity index (χ4v) is 4.96. The number of likely N-dealkylation sites (tertiary alicyclic amines) is 1. The van der Waals surface area contributed by atoms with Crippen LogP contribution in [0, 0.1) is 12.8 Å². The first-order valence-electron chi connectivity index (χ1n) is 9.63. The van der Waals surface area contributed by atoms with Crippen molar-refractivity contribution in [3.8, 4) is 0 Å². The number of fused-ring (bicyclic) bond motifs is 3. The van der Waals surface area contributed by atoms with Gasteiger partial charge in [-0.1, -0.05) is 42.8 Å². The van der Waals surface area contributed by atoms with Gasteiger partial charge in [0.25, 0.3) is 0 Å². The Bertz CT molecular complexity index is 818. The highest BCUT2D eigenvalue weighted by Gasteiger charge is 2.43. The zero-order chi connectivity index (χ0) is 18.3. The van der Waals surface area contributed by atoms with Gasteiger partial charge in [0, 0.05) is 18.4 Å². The standard InChI is InChI=1S/C23H27NO2.ClH/c1-4-24-12-11-19-21(14-24)18-10-5-15(2)13-20(18)22(19)16-6-8-17(9-7-16)23(25)26-3;/h5-10,13,19,21-22H,4,11-12,14H2,1-3H3;1H/t19-,21-,22-;/m0./s1. The van der Waals surface area contributed by atoms with Crippen LogP contribution in [0.5, 0.6) is 0 Å². The van der Waals surface area contributed by atoms with Gasteiger partial charge in [0.1, 0.15) is 0 Å². The van der Waals surface area contributed by atoms with Gasteiger partial charge in [-0.2, -0.15) is 0 Å². The number of ether oxygens (including phenoxy) is 1. The number of benzene rings is 2. The Balaban J connectivity index is 0.00000210. The number of hydrogen-bond acceptors (Lipinski definition) is 3. The zero-order valence-electron chi connectivity index (χ0n) is 16.3. The minimum absolute atomic E-state index is 0. The summed E-state index contributed by atoms with van der Waals surface area (Å²) in [4.78, 5) is 14.3. The van der Waals surface area contributed by atoms with Crippen molar-refractivity contribution in [2.24, 2.45) is 5.92 Å². The topological polar surface area (TPSA) is 29.5 Å². The summed E-state index contributed by atoms with van der Waals surface area (Å²) in [6, 6.07) is 15.0. The van der Waals surface area contributed by atoms with Gasteiger partial charge in [0.2, 0.25) is 0 Å². The average Bonchev–Trinajstić information content (AvgIpc) is 2.99. The molecular weight excluding hydrogens is 358 g/mol. The minimum atomic E-state index is -0.270. The van der Waals surface area contributed by atoms with Crippen molar-refractivity contribution in [3.63, 3.8) is 0 Å². The van der Waals surface area contributed by atoms with Crippen LogP contribution in [0.3, 0.4) is 0 Å². The molecule has 0 unspecified atom stereocenters. The molecule has 4 rings (SSSR count). The van der Waals surface area contributed by atoms with E-state index in [1.807, 2.05) is 12.1 Å². The third kappa shape index (κ3) is 3.51. The number of esters is 1. The van der Waals surface area contributed by atoms with Gasteiger partial charge in [-0.15, -0.1) is 12.4 Å². The molecule has 2 aromatic carbocycles. The van der Waals surface area contributed by atoms with Gasteiger partial charge in [0.15, 0.2) is 0 Å². The number of rotatable bonds is 3. The zero-order valence-corrected chi connectivity index (χ0v) is 17.1. The van der Waals surface area contributed by atoms with Crippen LogP contribution in [0.1, 0.15) is 57.8 Å². The van der Waals surface area contributed by atoms with E-state index in [0.717, 1.165) is 13.1 Å². The Kier molecular flexibility index (Phi) is 5.92. The van der Waals surface area contributed by atoms with Crippen molar-refractivity contribution >= 4 is 18.4 Å². The Morgan fingerprint density at radius 3 is 2.56 bits per heavy atom. The smallest absolute Gasteiger partial charge is 0.337 e. The molecule has 0 saturated carbocycles. The lowest BCUT2D eigenvalue weighted by atomic mass is 9.78. The SMILES string of the molecule is CCN1CC[C@@H]2[C@H](c3ccc(C(=O)OC)cc3)c3cc(C)ccc3[C@@H]2C1.Cl. The summed E-state index contributed by atoms with van der Waals surface area (Å²) in [5.74, 6) is 1.43. The molecule has 1 heterocycles. The minimum Gasteiger partial charge on any atom is -0.465 e. The highest BCUT2D eigenvalue weighted by molar-refractivity contribution is 5.89. The molecule has 1 aliphatic carbocycles. The lowest BCUT2D eigenvalue weighted by molar-refractivity contribution is 0.0600. The van der Waals surface area contributed by atoms with Crippen molar-refractivity contribution in [1.82, 2.24) is 4.90 Å². The highest BCUT2D eigenvalue weighted by Crippen LogP contribution is 2.53. The van der Waals surface area contributed by atoms with Crippen molar-refractivity contribution in [2.75, 3.05) is 26.7 Å². The molecule has 144 valence electrons. The van der Waals surface area contributed by atoms with Crippen LogP contribution >= 0.6 is 12.4 Å². The molecule has 2 aliphatic rings. The van der Waals surface area contributed by atoms with E-state index in [-0.39, 0.29) is 18.4 Å². The molecule has 0 spiro atoms. The maximum Gasteiger partial charge on any atom is 0.337 e. The number of carbonyl (C=O) groups is 1. The second-order valence-electron chi connectivity index (χ2n) is 7.68. The molecular formula is C23H28ClNO2. The van der Waals surface area contributed by atoms with E-state index in [9.17, 15) is 4.79 Å². The molecule has 0 N–H and O–H groups in total. The first kappa shape index (κ1) is 19.9. The van der Waals surface area contributed by atoms with Gasteiger partial charge in [-0.05, 0) is 61.2 Å². The normalized spacial score (nSPS) is 23.9. The summed E-state index contributed by atoms with van der Waals surface area (Å²) in [5.41, 5.74) is 6.29. The molecule has 2 aromatic rings. The molecule has 0 bridgehead atoms. The van der Waals surface area contributed by atoms with E-state index < -0.39 is 0 Å². The van der Waals surface area contributed by atoms with Crippen molar-refractivity contribution in [2.45, 2.75) is 32.1 Å². The maximum atomic E-state index is 11.8. The molecule has 3 atom stereocenters. The lowest BCUT2D eigenvalue weighted by Crippen LogP contribution is -2.38. The number of methoxy groups -OCH3 is 1. The number of aryl methyl sites for hydroxylation is 1. The molecule has 0 radical (unpaired) electrons. The van der Waals surface area contributed by atoms with Crippen molar-refractivity contribution in [1.29, 1.82) is 0 Å². The largest absolute Gasteiger partial charge is 0.465 e. The van der Waals surface area contributed by atoms with E-state index in [2.05, 4.69) is 49.1 Å². The third-order valence-electron chi connectivity index (χ3n) is 6.29. The van der Waals surface area contributed by atoms with Crippen LogP contribution in [0.25, 0.3) is 0 Å². The summed E-state index contributed by atoms with van der Waals surface area (Å²) in [6.07, 6.45) is 1.23. The molecule has 0 aromatic heterocycles. The van der Waals surface area contributed by atoms with E-state index in [4.69, 9.17) is 4.74 Å². The number of piperidine rings is 1. The van der Waals surface area contributed by atoms with E-state index in [0.29, 0.717) is 23.3 Å². The highest BCUT2D eigenvalue weighted by atomic mass is 35.5. The molecule has 1 fully saturated rings. The monoisotopic (exact) mass is 385 g/mol. The first-order chi connectivity index (χ1) is 12.6. The van der Waals surface area contributed by atoms with Crippen molar-refractivity contribution in [3.05, 3.63) is 70.3 Å². The van der Waals surface area contributed by atoms with Crippen LogP contribution in [0.4, 0.5) is 0 Å². The van der Waals surface area contributed by atoms with Crippen molar-refractivity contribution < 1.29 is 9.53 Å². The molecule has 0 amide bonds. The Hall–Kier alpha value is -1.84. The van der Waals surface area contributed by atoms with Gasteiger partial charge in [-0.25, -0.2) is 4.79 Å².